The highest BCUT2D eigenvalue weighted by atomic mass is 79.9. The molecule has 0 saturated heterocycles. The summed E-state index contributed by atoms with van der Waals surface area (Å²) < 4.78 is 7.18. The third-order valence-corrected chi connectivity index (χ3v) is 5.15. The molecule has 2 rings (SSSR count). The summed E-state index contributed by atoms with van der Waals surface area (Å²) in [5.74, 6) is 0.799. The molecule has 96 valence electrons. The molecule has 0 saturated carbocycles. The van der Waals surface area contributed by atoms with Gasteiger partial charge in [0, 0.05) is 25.6 Å². The van der Waals surface area contributed by atoms with Crippen LogP contribution in [0.15, 0.2) is 38.6 Å². The minimum atomic E-state index is -0.496. The Morgan fingerprint density at radius 2 is 2.11 bits per heavy atom. The number of halogens is 2. The van der Waals surface area contributed by atoms with Crippen LogP contribution in [0, 0.1) is 0 Å². The molecular formula is C13H12Br2O2S. The van der Waals surface area contributed by atoms with Gasteiger partial charge >= 0.3 is 0 Å². The van der Waals surface area contributed by atoms with Crippen molar-refractivity contribution in [2.45, 2.75) is 12.5 Å². The van der Waals surface area contributed by atoms with Crippen LogP contribution in [0.4, 0.5) is 0 Å². The first kappa shape index (κ1) is 14.1. The molecule has 0 spiro atoms. The third-order valence-electron chi connectivity index (χ3n) is 2.58. The SMILES string of the molecule is COc1ccc(Br)c(CC(O)c2cc(Br)cs2)c1. The highest BCUT2D eigenvalue weighted by Crippen LogP contribution is 2.31. The van der Waals surface area contributed by atoms with Crippen LogP contribution in [0.25, 0.3) is 0 Å². The van der Waals surface area contributed by atoms with Crippen LogP contribution < -0.4 is 4.74 Å². The van der Waals surface area contributed by atoms with Crippen molar-refractivity contribution < 1.29 is 9.84 Å². The van der Waals surface area contributed by atoms with Gasteiger partial charge in [0.05, 0.1) is 13.2 Å². The lowest BCUT2D eigenvalue weighted by atomic mass is 10.1. The first-order valence-corrected chi connectivity index (χ1v) is 7.81. The van der Waals surface area contributed by atoms with Gasteiger partial charge in [0.25, 0.3) is 0 Å². The van der Waals surface area contributed by atoms with Gasteiger partial charge in [-0.05, 0) is 45.8 Å². The minimum Gasteiger partial charge on any atom is -0.497 e. The fraction of sp³-hybridized carbons (Fsp3) is 0.231. The minimum absolute atomic E-state index is 0.496. The quantitative estimate of drug-likeness (QED) is 0.827. The molecule has 1 heterocycles. The lowest BCUT2D eigenvalue weighted by Gasteiger charge is -2.11. The van der Waals surface area contributed by atoms with E-state index in [0.29, 0.717) is 6.42 Å². The Balaban J connectivity index is 2.18. The average molecular weight is 392 g/mol. The molecule has 1 aromatic carbocycles. The van der Waals surface area contributed by atoms with E-state index in [4.69, 9.17) is 4.74 Å². The Morgan fingerprint density at radius 3 is 2.72 bits per heavy atom. The summed E-state index contributed by atoms with van der Waals surface area (Å²) in [5.41, 5.74) is 1.03. The second-order valence-electron chi connectivity index (χ2n) is 3.84. The van der Waals surface area contributed by atoms with Crippen LogP contribution >= 0.6 is 43.2 Å². The van der Waals surface area contributed by atoms with Crippen LogP contribution in [0.1, 0.15) is 16.5 Å². The zero-order chi connectivity index (χ0) is 13.1. The number of rotatable bonds is 4. The molecule has 2 nitrogen and oxygen atoms in total. The zero-order valence-corrected chi connectivity index (χ0v) is 13.7. The number of hydrogen-bond donors (Lipinski definition) is 1. The lowest BCUT2D eigenvalue weighted by Crippen LogP contribution is -2.00. The largest absolute Gasteiger partial charge is 0.497 e. The normalized spacial score (nSPS) is 12.4. The van der Waals surface area contributed by atoms with Gasteiger partial charge in [-0.3, -0.25) is 0 Å². The Hall–Kier alpha value is -0.360. The molecule has 1 unspecified atom stereocenters. The Morgan fingerprint density at radius 1 is 1.33 bits per heavy atom. The van der Waals surface area contributed by atoms with Gasteiger partial charge in [-0.1, -0.05) is 15.9 Å². The molecule has 18 heavy (non-hydrogen) atoms. The summed E-state index contributed by atoms with van der Waals surface area (Å²) in [6, 6.07) is 7.71. The standard InChI is InChI=1S/C13H12Br2O2S/c1-17-10-2-3-11(15)8(4-10)5-12(16)13-6-9(14)7-18-13/h2-4,6-7,12,16H,5H2,1H3. The van der Waals surface area contributed by atoms with E-state index in [-0.39, 0.29) is 0 Å². The number of benzene rings is 1. The molecule has 1 N–H and O–H groups in total. The van der Waals surface area contributed by atoms with Gasteiger partial charge in [-0.25, -0.2) is 0 Å². The van der Waals surface area contributed by atoms with Gasteiger partial charge < -0.3 is 9.84 Å². The summed E-state index contributed by atoms with van der Waals surface area (Å²) in [7, 11) is 1.64. The average Bonchev–Trinajstić information content (AvgIpc) is 2.79. The summed E-state index contributed by atoms with van der Waals surface area (Å²) in [6.07, 6.45) is 0.0646. The molecule has 1 aromatic heterocycles. The number of thiophene rings is 1. The van der Waals surface area contributed by atoms with Crippen LogP contribution in [0.5, 0.6) is 5.75 Å². The van der Waals surface area contributed by atoms with Gasteiger partial charge in [-0.15, -0.1) is 11.3 Å². The molecule has 0 aliphatic rings. The number of hydrogen-bond acceptors (Lipinski definition) is 3. The number of aliphatic hydroxyl groups is 1. The van der Waals surface area contributed by atoms with E-state index in [1.807, 2.05) is 29.6 Å². The molecule has 0 amide bonds. The second-order valence-corrected chi connectivity index (χ2v) is 6.56. The first-order valence-electron chi connectivity index (χ1n) is 5.34. The first-order chi connectivity index (χ1) is 8.60. The maximum Gasteiger partial charge on any atom is 0.119 e. The van der Waals surface area contributed by atoms with Gasteiger partial charge in [0.1, 0.15) is 5.75 Å². The van der Waals surface area contributed by atoms with Crippen molar-refractivity contribution in [2.24, 2.45) is 0 Å². The fourth-order valence-electron chi connectivity index (χ4n) is 1.65. The Bertz CT molecular complexity index is 540. The van der Waals surface area contributed by atoms with E-state index in [9.17, 15) is 5.11 Å². The van der Waals surface area contributed by atoms with Crippen molar-refractivity contribution in [2.75, 3.05) is 7.11 Å². The maximum atomic E-state index is 10.2. The summed E-state index contributed by atoms with van der Waals surface area (Å²) in [6.45, 7) is 0. The molecule has 0 fully saturated rings. The predicted molar refractivity (Wildman–Crippen MR) is 81.4 cm³/mol. The second kappa shape index (κ2) is 6.19. The number of methoxy groups -OCH3 is 1. The van der Waals surface area contributed by atoms with Crippen molar-refractivity contribution >= 4 is 43.2 Å². The third kappa shape index (κ3) is 3.35. The van der Waals surface area contributed by atoms with E-state index in [2.05, 4.69) is 31.9 Å². The van der Waals surface area contributed by atoms with Crippen molar-refractivity contribution in [3.8, 4) is 5.75 Å². The topological polar surface area (TPSA) is 29.5 Å². The van der Waals surface area contributed by atoms with Gasteiger partial charge in [-0.2, -0.15) is 0 Å². The Kier molecular flexibility index (Phi) is 4.84. The van der Waals surface area contributed by atoms with Crippen LogP contribution in [-0.4, -0.2) is 12.2 Å². The van der Waals surface area contributed by atoms with E-state index >= 15 is 0 Å². The van der Waals surface area contributed by atoms with E-state index < -0.39 is 6.10 Å². The molecule has 1 atom stereocenters. The zero-order valence-electron chi connectivity index (χ0n) is 9.69. The smallest absolute Gasteiger partial charge is 0.119 e. The van der Waals surface area contributed by atoms with Crippen LogP contribution in [-0.2, 0) is 6.42 Å². The molecule has 5 heteroatoms. The molecule has 0 radical (unpaired) electrons. The molecular weight excluding hydrogens is 380 g/mol. The molecule has 0 bridgehead atoms. The summed E-state index contributed by atoms with van der Waals surface area (Å²) in [5, 5.41) is 12.2. The van der Waals surface area contributed by atoms with E-state index in [1.165, 1.54) is 0 Å². The lowest BCUT2D eigenvalue weighted by molar-refractivity contribution is 0.182. The van der Waals surface area contributed by atoms with Crippen molar-refractivity contribution in [3.63, 3.8) is 0 Å². The molecule has 2 aromatic rings. The van der Waals surface area contributed by atoms with Crippen molar-refractivity contribution in [1.29, 1.82) is 0 Å². The predicted octanol–water partition coefficient (Wildman–Crippen LogP) is 4.56. The number of aliphatic hydroxyl groups excluding tert-OH is 1. The highest BCUT2D eigenvalue weighted by molar-refractivity contribution is 9.10. The van der Waals surface area contributed by atoms with E-state index in [1.54, 1.807) is 18.4 Å². The van der Waals surface area contributed by atoms with Gasteiger partial charge in [0.15, 0.2) is 0 Å². The van der Waals surface area contributed by atoms with E-state index in [0.717, 1.165) is 25.1 Å². The van der Waals surface area contributed by atoms with Crippen LogP contribution in [0.2, 0.25) is 0 Å². The summed E-state index contributed by atoms with van der Waals surface area (Å²) in [4.78, 5) is 0.955. The highest BCUT2D eigenvalue weighted by Gasteiger charge is 2.13. The maximum absolute atomic E-state index is 10.2. The van der Waals surface area contributed by atoms with Crippen molar-refractivity contribution in [3.05, 3.63) is 49.0 Å². The molecule has 0 aliphatic heterocycles. The van der Waals surface area contributed by atoms with Gasteiger partial charge in [0.2, 0.25) is 0 Å². The molecule has 0 aliphatic carbocycles. The monoisotopic (exact) mass is 390 g/mol. The van der Waals surface area contributed by atoms with Crippen LogP contribution in [0.3, 0.4) is 0 Å². The summed E-state index contributed by atoms with van der Waals surface area (Å²) >= 11 is 8.44. The number of ether oxygens (including phenoxy) is 1. The Labute approximate surface area is 127 Å². The van der Waals surface area contributed by atoms with Crippen molar-refractivity contribution in [1.82, 2.24) is 0 Å². The fourth-order valence-corrected chi connectivity index (χ4v) is 3.49.